The molecule has 0 aromatic heterocycles. The number of para-hydroxylation sites is 1. The molecule has 0 amide bonds. The smallest absolute Gasteiger partial charge is 0.121 e. The zero-order valence-electron chi connectivity index (χ0n) is 6.94. The molecule has 0 aliphatic rings. The number of phenolic OH excluding ortho intramolecular Hbond substituents is 1. The third-order valence-electron chi connectivity index (χ3n) is 1.75. The fourth-order valence-corrected chi connectivity index (χ4v) is 1.02. The number of nitrogens with two attached hydrogens (primary N) is 1. The predicted molar refractivity (Wildman–Crippen MR) is 46.7 cm³/mol. The van der Waals surface area contributed by atoms with E-state index >= 15 is 0 Å². The number of aromatic hydroxyl groups is 1. The molecule has 1 aromatic carbocycles. The van der Waals surface area contributed by atoms with Crippen LogP contribution in [-0.2, 0) is 0 Å². The molecular weight excluding hydrogens is 154 g/mol. The van der Waals surface area contributed by atoms with Gasteiger partial charge in [-0.05, 0) is 13.0 Å². The molecule has 0 radical (unpaired) electrons. The summed E-state index contributed by atoms with van der Waals surface area (Å²) in [6.07, 6.45) is -0.800. The van der Waals surface area contributed by atoms with Gasteiger partial charge in [-0.3, -0.25) is 0 Å². The molecule has 0 fully saturated rings. The first-order valence-corrected chi connectivity index (χ1v) is 3.84. The van der Waals surface area contributed by atoms with Crippen molar-refractivity contribution >= 4 is 0 Å². The minimum Gasteiger partial charge on any atom is -0.508 e. The van der Waals surface area contributed by atoms with Gasteiger partial charge < -0.3 is 15.9 Å². The average molecular weight is 167 g/mol. The molecule has 2 atom stereocenters. The Balaban J connectivity index is 2.94. The van der Waals surface area contributed by atoms with E-state index in [1.54, 1.807) is 25.1 Å². The van der Waals surface area contributed by atoms with Gasteiger partial charge in [-0.1, -0.05) is 18.2 Å². The molecular formula is C9H13NO2. The first kappa shape index (κ1) is 9.03. The van der Waals surface area contributed by atoms with Crippen molar-refractivity contribution in [3.8, 4) is 5.75 Å². The number of phenols is 1. The molecule has 66 valence electrons. The lowest BCUT2D eigenvalue weighted by atomic mass is 10.0. The van der Waals surface area contributed by atoms with Gasteiger partial charge in [0.15, 0.2) is 0 Å². The molecule has 3 nitrogen and oxygen atoms in total. The first-order valence-electron chi connectivity index (χ1n) is 3.84. The summed E-state index contributed by atoms with van der Waals surface area (Å²) in [6.45, 7) is 1.69. The van der Waals surface area contributed by atoms with Gasteiger partial charge in [0.25, 0.3) is 0 Å². The quantitative estimate of drug-likeness (QED) is 0.609. The maximum absolute atomic E-state index is 9.49. The predicted octanol–water partition coefficient (Wildman–Crippen LogP) is 0.773. The number of rotatable bonds is 2. The molecule has 3 heteroatoms. The fourth-order valence-electron chi connectivity index (χ4n) is 1.02. The number of aliphatic hydroxyl groups excluding tert-OH is 1. The molecule has 12 heavy (non-hydrogen) atoms. The lowest BCUT2D eigenvalue weighted by Crippen LogP contribution is -2.24. The lowest BCUT2D eigenvalue weighted by Gasteiger charge is -2.15. The molecule has 0 saturated carbocycles. The van der Waals surface area contributed by atoms with Crippen molar-refractivity contribution < 1.29 is 10.2 Å². The maximum atomic E-state index is 9.49. The summed E-state index contributed by atoms with van der Waals surface area (Å²) >= 11 is 0. The molecule has 0 spiro atoms. The van der Waals surface area contributed by atoms with Crippen molar-refractivity contribution in [2.75, 3.05) is 0 Å². The highest BCUT2D eigenvalue weighted by Gasteiger charge is 2.14. The Morgan fingerprint density at radius 2 is 1.92 bits per heavy atom. The van der Waals surface area contributed by atoms with Gasteiger partial charge in [0.2, 0.25) is 0 Å². The van der Waals surface area contributed by atoms with E-state index in [9.17, 15) is 10.2 Å². The standard InChI is InChI=1S/C9H13NO2/c1-6(10)9(12)7-4-2-3-5-8(7)11/h2-6,9,11-12H,10H2,1H3. The van der Waals surface area contributed by atoms with Crippen LogP contribution in [0.1, 0.15) is 18.6 Å². The van der Waals surface area contributed by atoms with Crippen LogP contribution in [0.25, 0.3) is 0 Å². The van der Waals surface area contributed by atoms with Crippen LogP contribution < -0.4 is 5.73 Å². The molecule has 2 unspecified atom stereocenters. The molecule has 4 N–H and O–H groups in total. The van der Waals surface area contributed by atoms with Crippen LogP contribution in [0, 0.1) is 0 Å². The van der Waals surface area contributed by atoms with Crippen molar-refractivity contribution in [2.24, 2.45) is 5.73 Å². The SMILES string of the molecule is CC(N)C(O)c1ccccc1O. The van der Waals surface area contributed by atoms with E-state index in [2.05, 4.69) is 0 Å². The average Bonchev–Trinajstić information content (AvgIpc) is 2.04. The highest BCUT2D eigenvalue weighted by atomic mass is 16.3. The van der Waals surface area contributed by atoms with Crippen LogP contribution in [0.15, 0.2) is 24.3 Å². The lowest BCUT2D eigenvalue weighted by molar-refractivity contribution is 0.150. The summed E-state index contributed by atoms with van der Waals surface area (Å²) in [7, 11) is 0. The summed E-state index contributed by atoms with van der Waals surface area (Å²) in [4.78, 5) is 0. The summed E-state index contributed by atoms with van der Waals surface area (Å²) < 4.78 is 0. The van der Waals surface area contributed by atoms with E-state index < -0.39 is 6.10 Å². The van der Waals surface area contributed by atoms with Gasteiger partial charge >= 0.3 is 0 Å². The number of aliphatic hydroxyl groups is 1. The van der Waals surface area contributed by atoms with Crippen LogP contribution >= 0.6 is 0 Å². The Morgan fingerprint density at radius 1 is 1.33 bits per heavy atom. The third-order valence-corrected chi connectivity index (χ3v) is 1.75. The molecule has 1 rings (SSSR count). The van der Waals surface area contributed by atoms with Crippen molar-refractivity contribution in [1.29, 1.82) is 0 Å². The number of hydrogen-bond donors (Lipinski definition) is 3. The second-order valence-electron chi connectivity index (χ2n) is 2.86. The second kappa shape index (κ2) is 3.56. The van der Waals surface area contributed by atoms with Crippen molar-refractivity contribution in [3.05, 3.63) is 29.8 Å². The van der Waals surface area contributed by atoms with Crippen LogP contribution in [0.2, 0.25) is 0 Å². The normalized spacial score (nSPS) is 15.6. The van der Waals surface area contributed by atoms with Crippen molar-refractivity contribution in [1.82, 2.24) is 0 Å². The van der Waals surface area contributed by atoms with Gasteiger partial charge in [-0.2, -0.15) is 0 Å². The minimum atomic E-state index is -0.800. The monoisotopic (exact) mass is 167 g/mol. The highest BCUT2D eigenvalue weighted by molar-refractivity contribution is 5.34. The summed E-state index contributed by atoms with van der Waals surface area (Å²) in [5, 5.41) is 18.8. The maximum Gasteiger partial charge on any atom is 0.121 e. The minimum absolute atomic E-state index is 0.0855. The van der Waals surface area contributed by atoms with E-state index in [4.69, 9.17) is 5.73 Å². The molecule has 0 aliphatic carbocycles. The highest BCUT2D eigenvalue weighted by Crippen LogP contribution is 2.24. The second-order valence-corrected chi connectivity index (χ2v) is 2.86. The largest absolute Gasteiger partial charge is 0.508 e. The summed E-state index contributed by atoms with van der Waals surface area (Å²) in [6, 6.07) is 6.26. The van der Waals surface area contributed by atoms with E-state index in [0.717, 1.165) is 0 Å². The molecule has 0 saturated heterocycles. The molecule has 0 heterocycles. The summed E-state index contributed by atoms with van der Waals surface area (Å²) in [5.41, 5.74) is 5.95. The Morgan fingerprint density at radius 3 is 2.42 bits per heavy atom. The Labute approximate surface area is 71.5 Å². The topological polar surface area (TPSA) is 66.5 Å². The number of hydrogen-bond acceptors (Lipinski definition) is 3. The third kappa shape index (κ3) is 1.75. The Kier molecular flexibility index (Phi) is 2.68. The van der Waals surface area contributed by atoms with E-state index in [0.29, 0.717) is 5.56 Å². The van der Waals surface area contributed by atoms with Gasteiger partial charge in [0, 0.05) is 11.6 Å². The Bertz CT molecular complexity index is 260. The van der Waals surface area contributed by atoms with Gasteiger partial charge in [0.05, 0.1) is 6.10 Å². The van der Waals surface area contributed by atoms with E-state index in [1.807, 2.05) is 0 Å². The zero-order chi connectivity index (χ0) is 9.14. The van der Waals surface area contributed by atoms with Gasteiger partial charge in [-0.15, -0.1) is 0 Å². The van der Waals surface area contributed by atoms with Crippen molar-refractivity contribution in [3.63, 3.8) is 0 Å². The molecule has 0 aliphatic heterocycles. The summed E-state index contributed by atoms with van der Waals surface area (Å²) in [5.74, 6) is 0.0855. The fraction of sp³-hybridized carbons (Fsp3) is 0.333. The van der Waals surface area contributed by atoms with E-state index in [1.165, 1.54) is 6.07 Å². The van der Waals surface area contributed by atoms with Gasteiger partial charge in [-0.25, -0.2) is 0 Å². The zero-order valence-corrected chi connectivity index (χ0v) is 6.94. The van der Waals surface area contributed by atoms with Crippen LogP contribution in [0.4, 0.5) is 0 Å². The Hall–Kier alpha value is -1.06. The molecule has 0 bridgehead atoms. The van der Waals surface area contributed by atoms with Crippen LogP contribution in [0.5, 0.6) is 5.75 Å². The number of benzene rings is 1. The van der Waals surface area contributed by atoms with Crippen LogP contribution in [-0.4, -0.2) is 16.3 Å². The van der Waals surface area contributed by atoms with Crippen molar-refractivity contribution in [2.45, 2.75) is 19.1 Å². The molecule has 1 aromatic rings. The van der Waals surface area contributed by atoms with Gasteiger partial charge in [0.1, 0.15) is 5.75 Å². The van der Waals surface area contributed by atoms with Crippen LogP contribution in [0.3, 0.4) is 0 Å². The van der Waals surface area contributed by atoms with E-state index in [-0.39, 0.29) is 11.8 Å². The first-order chi connectivity index (χ1) is 5.63.